The Morgan fingerprint density at radius 1 is 1.00 bits per heavy atom. The van der Waals surface area contributed by atoms with E-state index in [0.717, 1.165) is 18.7 Å². The minimum atomic E-state index is 0.592. The lowest BCUT2D eigenvalue weighted by molar-refractivity contribution is 0.414. The molecule has 2 rings (SSSR count). The van der Waals surface area contributed by atoms with Crippen LogP contribution in [0.4, 0.5) is 0 Å². The predicted molar refractivity (Wildman–Crippen MR) is 89.0 cm³/mol. The van der Waals surface area contributed by atoms with Crippen LogP contribution in [0.2, 0.25) is 0 Å². The standard InChI is InChI=1S/C19H25NO/c1-20-15-18(17-8-4-3-5-9-17)10-6-7-16-11-13-19(21-2)14-12-16/h3-5,8-9,11-14,18,20H,6-7,10,15H2,1-2H3. The second-order valence-electron chi connectivity index (χ2n) is 5.41. The molecule has 0 spiro atoms. The van der Waals surface area contributed by atoms with E-state index >= 15 is 0 Å². The van der Waals surface area contributed by atoms with Crippen molar-refractivity contribution in [3.8, 4) is 5.75 Å². The quantitative estimate of drug-likeness (QED) is 0.790. The summed E-state index contributed by atoms with van der Waals surface area (Å²) in [4.78, 5) is 0. The molecule has 0 bridgehead atoms. The summed E-state index contributed by atoms with van der Waals surface area (Å²) in [6, 6.07) is 19.2. The van der Waals surface area contributed by atoms with Gasteiger partial charge in [0, 0.05) is 6.54 Å². The van der Waals surface area contributed by atoms with E-state index in [0.29, 0.717) is 5.92 Å². The van der Waals surface area contributed by atoms with Crippen LogP contribution < -0.4 is 10.1 Å². The van der Waals surface area contributed by atoms with E-state index < -0.39 is 0 Å². The second-order valence-corrected chi connectivity index (χ2v) is 5.41. The normalized spacial score (nSPS) is 12.1. The molecule has 1 unspecified atom stereocenters. The second kappa shape index (κ2) is 8.48. The fourth-order valence-electron chi connectivity index (χ4n) is 2.70. The van der Waals surface area contributed by atoms with Crippen LogP contribution in [0.1, 0.15) is 29.9 Å². The van der Waals surface area contributed by atoms with Crippen molar-refractivity contribution in [2.45, 2.75) is 25.2 Å². The van der Waals surface area contributed by atoms with Crippen LogP contribution in [0, 0.1) is 0 Å². The molecule has 0 aromatic heterocycles. The van der Waals surface area contributed by atoms with Crippen LogP contribution >= 0.6 is 0 Å². The highest BCUT2D eigenvalue weighted by Crippen LogP contribution is 2.22. The fourth-order valence-corrected chi connectivity index (χ4v) is 2.70. The third-order valence-electron chi connectivity index (χ3n) is 3.90. The maximum atomic E-state index is 5.19. The van der Waals surface area contributed by atoms with Gasteiger partial charge in [-0.3, -0.25) is 0 Å². The monoisotopic (exact) mass is 283 g/mol. The molecule has 2 aromatic rings. The van der Waals surface area contributed by atoms with E-state index in [4.69, 9.17) is 4.74 Å². The molecule has 0 radical (unpaired) electrons. The smallest absolute Gasteiger partial charge is 0.118 e. The third-order valence-corrected chi connectivity index (χ3v) is 3.90. The third kappa shape index (κ3) is 4.91. The van der Waals surface area contributed by atoms with Crippen molar-refractivity contribution in [3.63, 3.8) is 0 Å². The van der Waals surface area contributed by atoms with Crippen LogP contribution in [0.3, 0.4) is 0 Å². The zero-order valence-electron chi connectivity index (χ0n) is 13.0. The SMILES string of the molecule is CNCC(CCCc1ccc(OC)cc1)c1ccccc1. The number of rotatable bonds is 8. The zero-order valence-corrected chi connectivity index (χ0v) is 13.0. The Labute approximate surface area is 128 Å². The Hall–Kier alpha value is -1.80. The lowest BCUT2D eigenvalue weighted by Crippen LogP contribution is -2.17. The van der Waals surface area contributed by atoms with Crippen LogP contribution in [0.5, 0.6) is 5.75 Å². The van der Waals surface area contributed by atoms with Crippen LogP contribution in [-0.2, 0) is 6.42 Å². The number of methoxy groups -OCH3 is 1. The topological polar surface area (TPSA) is 21.3 Å². The van der Waals surface area contributed by atoms with Gasteiger partial charge in [-0.2, -0.15) is 0 Å². The predicted octanol–water partition coefficient (Wildman–Crippen LogP) is 4.02. The van der Waals surface area contributed by atoms with E-state index in [1.54, 1.807) is 7.11 Å². The molecule has 1 atom stereocenters. The molecule has 112 valence electrons. The number of nitrogens with one attached hydrogen (secondary N) is 1. The van der Waals surface area contributed by atoms with Gasteiger partial charge in [-0.05, 0) is 55.5 Å². The van der Waals surface area contributed by atoms with Crippen molar-refractivity contribution < 1.29 is 4.74 Å². The van der Waals surface area contributed by atoms with Gasteiger partial charge >= 0.3 is 0 Å². The number of ether oxygens (including phenoxy) is 1. The van der Waals surface area contributed by atoms with Gasteiger partial charge in [0.05, 0.1) is 7.11 Å². The van der Waals surface area contributed by atoms with Crippen LogP contribution in [-0.4, -0.2) is 20.7 Å². The molecule has 2 heteroatoms. The first-order valence-corrected chi connectivity index (χ1v) is 7.66. The summed E-state index contributed by atoms with van der Waals surface area (Å²) in [6.07, 6.45) is 3.53. The molecular formula is C19H25NO. The minimum absolute atomic E-state index is 0.592. The number of benzene rings is 2. The molecule has 2 aromatic carbocycles. The summed E-state index contributed by atoms with van der Waals surface area (Å²) in [5.74, 6) is 1.52. The van der Waals surface area contributed by atoms with Crippen molar-refractivity contribution in [1.29, 1.82) is 0 Å². The first-order chi connectivity index (χ1) is 10.3. The minimum Gasteiger partial charge on any atom is -0.497 e. The maximum absolute atomic E-state index is 5.19. The Morgan fingerprint density at radius 3 is 2.33 bits per heavy atom. The van der Waals surface area contributed by atoms with Crippen molar-refractivity contribution in [3.05, 3.63) is 65.7 Å². The van der Waals surface area contributed by atoms with E-state index in [1.165, 1.54) is 24.0 Å². The molecule has 0 aliphatic heterocycles. The number of likely N-dealkylation sites (N-methyl/N-ethyl adjacent to an activating group) is 1. The Balaban J connectivity index is 1.87. The van der Waals surface area contributed by atoms with Gasteiger partial charge in [-0.25, -0.2) is 0 Å². The summed E-state index contributed by atoms with van der Waals surface area (Å²) in [7, 11) is 3.73. The van der Waals surface area contributed by atoms with Gasteiger partial charge in [0.15, 0.2) is 0 Å². The van der Waals surface area contributed by atoms with E-state index in [-0.39, 0.29) is 0 Å². The molecule has 0 fully saturated rings. The molecule has 0 aliphatic carbocycles. The highest BCUT2D eigenvalue weighted by molar-refractivity contribution is 5.27. The van der Waals surface area contributed by atoms with Crippen molar-refractivity contribution in [2.24, 2.45) is 0 Å². The van der Waals surface area contributed by atoms with E-state index in [9.17, 15) is 0 Å². The van der Waals surface area contributed by atoms with Crippen molar-refractivity contribution >= 4 is 0 Å². The highest BCUT2D eigenvalue weighted by atomic mass is 16.5. The summed E-state index contributed by atoms with van der Waals surface area (Å²) < 4.78 is 5.19. The molecule has 0 amide bonds. The summed E-state index contributed by atoms with van der Waals surface area (Å²) in [5.41, 5.74) is 2.81. The van der Waals surface area contributed by atoms with Gasteiger partial charge in [-0.15, -0.1) is 0 Å². The molecular weight excluding hydrogens is 258 g/mol. The van der Waals surface area contributed by atoms with Crippen LogP contribution in [0.25, 0.3) is 0 Å². The average molecular weight is 283 g/mol. The first-order valence-electron chi connectivity index (χ1n) is 7.66. The highest BCUT2D eigenvalue weighted by Gasteiger charge is 2.10. The maximum Gasteiger partial charge on any atom is 0.118 e. The van der Waals surface area contributed by atoms with Gasteiger partial charge < -0.3 is 10.1 Å². The lowest BCUT2D eigenvalue weighted by atomic mass is 9.92. The average Bonchev–Trinajstić information content (AvgIpc) is 2.55. The molecule has 0 saturated heterocycles. The Bertz CT molecular complexity index is 507. The van der Waals surface area contributed by atoms with Crippen LogP contribution in [0.15, 0.2) is 54.6 Å². The molecule has 0 aliphatic rings. The number of hydrogen-bond acceptors (Lipinski definition) is 2. The van der Waals surface area contributed by atoms with Crippen molar-refractivity contribution in [2.75, 3.05) is 20.7 Å². The van der Waals surface area contributed by atoms with Gasteiger partial charge in [-0.1, -0.05) is 42.5 Å². The first kappa shape index (κ1) is 15.6. The van der Waals surface area contributed by atoms with Gasteiger partial charge in [0.1, 0.15) is 5.75 Å². The van der Waals surface area contributed by atoms with E-state index in [1.807, 2.05) is 19.2 Å². The Morgan fingerprint density at radius 2 is 1.71 bits per heavy atom. The zero-order chi connectivity index (χ0) is 14.9. The molecule has 21 heavy (non-hydrogen) atoms. The Kier molecular flexibility index (Phi) is 6.29. The summed E-state index contributed by atoms with van der Waals surface area (Å²) >= 11 is 0. The molecule has 2 nitrogen and oxygen atoms in total. The largest absolute Gasteiger partial charge is 0.497 e. The molecule has 0 saturated carbocycles. The summed E-state index contributed by atoms with van der Waals surface area (Å²) in [6.45, 7) is 1.03. The summed E-state index contributed by atoms with van der Waals surface area (Å²) in [5, 5.41) is 3.31. The fraction of sp³-hybridized carbons (Fsp3) is 0.368. The van der Waals surface area contributed by atoms with E-state index in [2.05, 4.69) is 47.8 Å². The van der Waals surface area contributed by atoms with Gasteiger partial charge in [0.2, 0.25) is 0 Å². The number of aryl methyl sites for hydroxylation is 1. The lowest BCUT2D eigenvalue weighted by Gasteiger charge is -2.17. The number of hydrogen-bond donors (Lipinski definition) is 1. The van der Waals surface area contributed by atoms with Crippen molar-refractivity contribution in [1.82, 2.24) is 5.32 Å². The molecule has 1 N–H and O–H groups in total. The van der Waals surface area contributed by atoms with Gasteiger partial charge in [0.25, 0.3) is 0 Å². The molecule has 0 heterocycles.